The molecule has 2 aromatic heterocycles. The number of carbonyl (C=O) groups excluding carboxylic acids is 1. The molecule has 0 aliphatic carbocycles. The summed E-state index contributed by atoms with van der Waals surface area (Å²) in [4.78, 5) is 15.3. The highest BCUT2D eigenvalue weighted by Gasteiger charge is 2.34. The van der Waals surface area contributed by atoms with E-state index in [0.717, 1.165) is 12.8 Å². The second-order valence-corrected chi connectivity index (χ2v) is 9.92. The summed E-state index contributed by atoms with van der Waals surface area (Å²) in [6, 6.07) is 14.8. The van der Waals surface area contributed by atoms with Crippen molar-refractivity contribution in [3.05, 3.63) is 89.6 Å². The maximum Gasteiger partial charge on any atom is 0.261 e. The van der Waals surface area contributed by atoms with Gasteiger partial charge in [-0.05, 0) is 73.9 Å². The van der Waals surface area contributed by atoms with Gasteiger partial charge in [-0.25, -0.2) is 12.8 Å². The quantitative estimate of drug-likeness (QED) is 0.468. The third-order valence-corrected chi connectivity index (χ3v) is 7.38. The number of carbonyl (C=O) groups is 1. The van der Waals surface area contributed by atoms with Crippen LogP contribution in [0.5, 0.6) is 0 Å². The van der Waals surface area contributed by atoms with Gasteiger partial charge in [0.1, 0.15) is 5.82 Å². The summed E-state index contributed by atoms with van der Waals surface area (Å²) in [5, 5.41) is 8.53. The lowest BCUT2D eigenvalue weighted by molar-refractivity contribution is 0.0728. The minimum absolute atomic E-state index is 0.0468. The number of fused-ring (bicyclic) bond motifs is 1. The molecule has 0 radical (unpaired) electrons. The van der Waals surface area contributed by atoms with Gasteiger partial charge in [0.05, 0.1) is 10.9 Å². The molecule has 34 heavy (non-hydrogen) atoms. The second kappa shape index (κ2) is 8.53. The van der Waals surface area contributed by atoms with Crippen LogP contribution in [0.15, 0.2) is 71.8 Å². The number of hydrogen-bond acceptors (Lipinski definition) is 5. The first kappa shape index (κ1) is 22.0. The Labute approximate surface area is 196 Å². The van der Waals surface area contributed by atoms with E-state index in [1.54, 1.807) is 17.9 Å². The maximum atomic E-state index is 13.6. The van der Waals surface area contributed by atoms with Gasteiger partial charge in [0.2, 0.25) is 0 Å². The van der Waals surface area contributed by atoms with Crippen molar-refractivity contribution >= 4 is 27.3 Å². The molecule has 10 heteroatoms. The van der Waals surface area contributed by atoms with Crippen molar-refractivity contribution < 1.29 is 17.6 Å². The predicted molar refractivity (Wildman–Crippen MR) is 124 cm³/mol. The van der Waals surface area contributed by atoms with Gasteiger partial charge in [0, 0.05) is 24.0 Å². The molecule has 1 amide bonds. The maximum absolute atomic E-state index is 13.6. The SMILES string of the molecule is Cc1ccc(S(=O)(=O)Nc2ccc(F)cc2)cc1C(=O)N1CCCC1c1nnc2ccccn12. The van der Waals surface area contributed by atoms with Crippen molar-refractivity contribution in [2.45, 2.75) is 30.7 Å². The van der Waals surface area contributed by atoms with E-state index in [0.29, 0.717) is 29.1 Å². The standard InChI is InChI=1S/C24H22FN5O3S/c1-16-7-12-19(34(32,33)28-18-10-8-17(25)9-11-18)15-20(16)24(31)29-14-4-5-21(29)23-27-26-22-6-2-3-13-30(22)23/h2-3,6-13,15,21,28H,4-5,14H2,1H3. The molecule has 2 aromatic carbocycles. The van der Waals surface area contributed by atoms with E-state index in [1.807, 2.05) is 28.8 Å². The molecule has 174 valence electrons. The highest BCUT2D eigenvalue weighted by molar-refractivity contribution is 7.92. The normalized spacial score (nSPS) is 16.2. The summed E-state index contributed by atoms with van der Waals surface area (Å²) < 4.78 is 43.3. The number of nitrogens with zero attached hydrogens (tertiary/aromatic N) is 4. The van der Waals surface area contributed by atoms with Gasteiger partial charge < -0.3 is 4.90 Å². The Morgan fingerprint density at radius 3 is 2.68 bits per heavy atom. The molecular formula is C24H22FN5O3S. The molecule has 5 rings (SSSR count). The van der Waals surface area contributed by atoms with E-state index < -0.39 is 15.8 Å². The minimum atomic E-state index is -3.98. The van der Waals surface area contributed by atoms with Crippen molar-refractivity contribution in [1.29, 1.82) is 0 Å². The van der Waals surface area contributed by atoms with Crippen molar-refractivity contribution in [2.24, 2.45) is 0 Å². The Balaban J connectivity index is 1.46. The number of pyridine rings is 1. The third-order valence-electron chi connectivity index (χ3n) is 6.00. The molecule has 8 nitrogen and oxygen atoms in total. The number of rotatable bonds is 5. The molecule has 1 atom stereocenters. The number of nitrogens with one attached hydrogen (secondary N) is 1. The fraction of sp³-hybridized carbons (Fsp3) is 0.208. The van der Waals surface area contributed by atoms with Gasteiger partial charge in [-0.1, -0.05) is 12.1 Å². The molecule has 1 aliphatic heterocycles. The molecule has 0 spiro atoms. The van der Waals surface area contributed by atoms with E-state index in [-0.39, 0.29) is 22.5 Å². The molecule has 1 N–H and O–H groups in total. The third kappa shape index (κ3) is 4.01. The molecule has 1 aliphatic rings. The first-order valence-corrected chi connectivity index (χ1v) is 12.3. The van der Waals surface area contributed by atoms with Crippen molar-refractivity contribution in [1.82, 2.24) is 19.5 Å². The van der Waals surface area contributed by atoms with Gasteiger partial charge >= 0.3 is 0 Å². The molecule has 1 unspecified atom stereocenters. The smallest absolute Gasteiger partial charge is 0.261 e. The Bertz CT molecular complexity index is 1480. The van der Waals surface area contributed by atoms with E-state index in [9.17, 15) is 17.6 Å². The van der Waals surface area contributed by atoms with Crippen LogP contribution in [0.2, 0.25) is 0 Å². The number of benzene rings is 2. The lowest BCUT2D eigenvalue weighted by atomic mass is 10.1. The highest BCUT2D eigenvalue weighted by Crippen LogP contribution is 2.33. The molecule has 4 aromatic rings. The number of aryl methyl sites for hydroxylation is 1. The summed E-state index contributed by atoms with van der Waals surface area (Å²) in [7, 11) is -3.98. The molecule has 1 saturated heterocycles. The van der Waals surface area contributed by atoms with Crippen LogP contribution in [0.1, 0.15) is 40.6 Å². The van der Waals surface area contributed by atoms with E-state index in [4.69, 9.17) is 0 Å². The monoisotopic (exact) mass is 479 g/mol. The molecule has 3 heterocycles. The summed E-state index contributed by atoms with van der Waals surface area (Å²) >= 11 is 0. The number of aromatic nitrogens is 3. The zero-order chi connectivity index (χ0) is 23.9. The highest BCUT2D eigenvalue weighted by atomic mass is 32.2. The molecular weight excluding hydrogens is 457 g/mol. The molecule has 0 saturated carbocycles. The van der Waals surface area contributed by atoms with Crippen LogP contribution in [0.4, 0.5) is 10.1 Å². The molecule has 1 fully saturated rings. The van der Waals surface area contributed by atoms with Crippen molar-refractivity contribution in [3.8, 4) is 0 Å². The lowest BCUT2D eigenvalue weighted by Crippen LogP contribution is -2.32. The fourth-order valence-electron chi connectivity index (χ4n) is 4.25. The summed E-state index contributed by atoms with van der Waals surface area (Å²) in [6.07, 6.45) is 3.41. The fourth-order valence-corrected chi connectivity index (χ4v) is 5.34. The summed E-state index contributed by atoms with van der Waals surface area (Å²) in [5.74, 6) is -0.0424. The zero-order valence-corrected chi connectivity index (χ0v) is 19.2. The van der Waals surface area contributed by atoms with Gasteiger partial charge in [-0.15, -0.1) is 10.2 Å². The number of amides is 1. The lowest BCUT2D eigenvalue weighted by Gasteiger charge is -2.24. The number of likely N-dealkylation sites (tertiary alicyclic amines) is 1. The second-order valence-electron chi connectivity index (χ2n) is 8.23. The van der Waals surface area contributed by atoms with Gasteiger partial charge in [0.25, 0.3) is 15.9 Å². The van der Waals surface area contributed by atoms with Crippen molar-refractivity contribution in [3.63, 3.8) is 0 Å². The summed E-state index contributed by atoms with van der Waals surface area (Å²) in [5.41, 5.74) is 1.91. The van der Waals surface area contributed by atoms with E-state index >= 15 is 0 Å². The Hall–Kier alpha value is -3.79. The Morgan fingerprint density at radius 2 is 1.88 bits per heavy atom. The Morgan fingerprint density at radius 1 is 1.09 bits per heavy atom. The van der Waals surface area contributed by atoms with Crippen LogP contribution in [0.25, 0.3) is 5.65 Å². The van der Waals surface area contributed by atoms with Crippen LogP contribution in [0, 0.1) is 12.7 Å². The predicted octanol–water partition coefficient (Wildman–Crippen LogP) is 3.95. The van der Waals surface area contributed by atoms with Crippen molar-refractivity contribution in [2.75, 3.05) is 11.3 Å². The first-order chi connectivity index (χ1) is 16.3. The van der Waals surface area contributed by atoms with Crippen LogP contribution in [-0.4, -0.2) is 40.4 Å². The van der Waals surface area contributed by atoms with E-state index in [1.165, 1.54) is 36.4 Å². The number of hydrogen-bond donors (Lipinski definition) is 1. The number of anilines is 1. The zero-order valence-electron chi connectivity index (χ0n) is 18.3. The largest absolute Gasteiger partial charge is 0.328 e. The van der Waals surface area contributed by atoms with Gasteiger partial charge in [-0.3, -0.25) is 13.9 Å². The van der Waals surface area contributed by atoms with E-state index in [2.05, 4.69) is 14.9 Å². The van der Waals surface area contributed by atoms with Crippen LogP contribution >= 0.6 is 0 Å². The average molecular weight is 480 g/mol. The average Bonchev–Trinajstić information content (AvgIpc) is 3.47. The molecule has 0 bridgehead atoms. The van der Waals surface area contributed by atoms with Crippen LogP contribution in [0.3, 0.4) is 0 Å². The first-order valence-electron chi connectivity index (χ1n) is 10.8. The Kier molecular flexibility index (Phi) is 5.52. The van der Waals surface area contributed by atoms with Gasteiger partial charge in [-0.2, -0.15) is 0 Å². The topological polar surface area (TPSA) is 96.7 Å². The number of sulfonamides is 1. The van der Waals surface area contributed by atoms with Crippen LogP contribution in [-0.2, 0) is 10.0 Å². The summed E-state index contributed by atoms with van der Waals surface area (Å²) in [6.45, 7) is 2.31. The number of halogens is 1. The minimum Gasteiger partial charge on any atom is -0.328 e. The van der Waals surface area contributed by atoms with Gasteiger partial charge in [0.15, 0.2) is 11.5 Å². The van der Waals surface area contributed by atoms with Crippen LogP contribution < -0.4 is 4.72 Å².